The molecule has 0 saturated heterocycles. The van der Waals surface area contributed by atoms with E-state index in [0.29, 0.717) is 3.63 Å². The third-order valence-electron chi connectivity index (χ3n) is 4.59. The minimum absolute atomic E-state index is 0. The first-order chi connectivity index (χ1) is 11.3. The van der Waals surface area contributed by atoms with Gasteiger partial charge in [-0.1, -0.05) is 0 Å². The van der Waals surface area contributed by atoms with Crippen LogP contribution in [0.1, 0.15) is 16.9 Å². The van der Waals surface area contributed by atoms with Gasteiger partial charge in [-0.25, -0.2) is 0 Å². The van der Waals surface area contributed by atoms with Crippen molar-refractivity contribution < 1.29 is 48.0 Å². The van der Waals surface area contributed by atoms with Crippen molar-refractivity contribution in [2.45, 2.75) is 10.0 Å². The molecule has 1 unspecified atom stereocenters. The van der Waals surface area contributed by atoms with E-state index in [1.165, 1.54) is 37.0 Å². The van der Waals surface area contributed by atoms with Crippen LogP contribution in [0.25, 0.3) is 21.7 Å². The number of allylic oxidation sites excluding steroid dienone is 9. The van der Waals surface area contributed by atoms with E-state index < -0.39 is 23.2 Å². The van der Waals surface area contributed by atoms with E-state index in [9.17, 15) is 0 Å². The number of hydrogen-bond donors (Lipinski definition) is 0. The van der Waals surface area contributed by atoms with Crippen molar-refractivity contribution >= 4 is 49.0 Å². The molecule has 3 aliphatic rings. The fourth-order valence-electron chi connectivity index (χ4n) is 3.48. The van der Waals surface area contributed by atoms with E-state index >= 15 is 0 Å². The Morgan fingerprint density at radius 2 is 1.92 bits per heavy atom. The van der Waals surface area contributed by atoms with Gasteiger partial charge >= 0.3 is 161 Å². The van der Waals surface area contributed by atoms with E-state index in [1.807, 2.05) is 11.3 Å². The van der Waals surface area contributed by atoms with Crippen molar-refractivity contribution in [2.75, 3.05) is 0 Å². The summed E-state index contributed by atoms with van der Waals surface area (Å²) in [4.78, 5) is 1.47. The zero-order valence-corrected chi connectivity index (χ0v) is 19.5. The van der Waals surface area contributed by atoms with Crippen LogP contribution < -0.4 is 24.8 Å². The molecule has 0 nitrogen and oxygen atoms in total. The molecule has 1 atom stereocenters. The summed E-state index contributed by atoms with van der Waals surface area (Å²) in [5.41, 5.74) is 4.48. The van der Waals surface area contributed by atoms with Gasteiger partial charge in [-0.05, 0) is 0 Å². The molecule has 1 aromatic heterocycles. The Morgan fingerprint density at radius 3 is 2.72 bits per heavy atom. The summed E-state index contributed by atoms with van der Waals surface area (Å²) in [5.74, 6) is 0. The molecule has 3 aliphatic carbocycles. The zero-order valence-electron chi connectivity index (χ0n) is 13.1. The SMILES string of the molecule is BrC1=CC=C2C(=Cc3c2sc2ccccc32)[CH]1[Zr+2][C]1=CC=CC1.[Cl-].[Cl-]. The van der Waals surface area contributed by atoms with Crippen molar-refractivity contribution in [1.82, 2.24) is 0 Å². The van der Waals surface area contributed by atoms with Crippen LogP contribution in [-0.2, 0) is 23.2 Å². The maximum atomic E-state index is 3.86. The zero-order chi connectivity index (χ0) is 15.4. The van der Waals surface area contributed by atoms with Gasteiger partial charge in [0.25, 0.3) is 0 Å². The number of benzene rings is 1. The van der Waals surface area contributed by atoms with Crippen molar-refractivity contribution in [3.63, 3.8) is 0 Å². The standard InChI is InChI=1S/C15H8BrS.C5H5.2ClH.Zr/c16-10-5-6-11-9(7-10)8-13-12-3-1-2-4-14(12)17-15(11)13;1-2-4-5-3-1;;;/h1-8H;1-3H,4H2;2*1H;/q;;;;+2/p-2. The minimum Gasteiger partial charge on any atom is -1.00 e. The van der Waals surface area contributed by atoms with Crippen molar-refractivity contribution in [3.05, 3.63) is 78.4 Å². The summed E-state index contributed by atoms with van der Waals surface area (Å²) < 4.78 is 5.11. The fourth-order valence-corrected chi connectivity index (χ4v) is 9.27. The topological polar surface area (TPSA) is 0 Å². The Morgan fingerprint density at radius 1 is 1.08 bits per heavy atom. The van der Waals surface area contributed by atoms with Gasteiger partial charge < -0.3 is 24.8 Å². The second-order valence-corrected chi connectivity index (χ2v) is 11.6. The Labute approximate surface area is 184 Å². The van der Waals surface area contributed by atoms with E-state index in [0.717, 1.165) is 0 Å². The molecule has 0 radical (unpaired) electrons. The first-order valence-corrected chi connectivity index (χ1v) is 12.0. The molecule has 1 aromatic carbocycles. The molecule has 5 heteroatoms. The van der Waals surface area contributed by atoms with E-state index in [4.69, 9.17) is 0 Å². The van der Waals surface area contributed by atoms with Gasteiger partial charge in [-0.15, -0.1) is 0 Å². The molecule has 124 valence electrons. The van der Waals surface area contributed by atoms with Crippen molar-refractivity contribution in [3.8, 4) is 0 Å². The summed E-state index contributed by atoms with van der Waals surface area (Å²) in [6.07, 6.45) is 15.1. The fraction of sp³-hybridized carbons (Fsp3) is 0.100. The van der Waals surface area contributed by atoms with Gasteiger partial charge in [0.1, 0.15) is 0 Å². The number of hydrogen-bond acceptors (Lipinski definition) is 1. The van der Waals surface area contributed by atoms with Gasteiger partial charge in [-0.2, -0.15) is 0 Å². The molecular weight excluding hydrogens is 514 g/mol. The summed E-state index contributed by atoms with van der Waals surface area (Å²) >= 11 is 5.16. The summed E-state index contributed by atoms with van der Waals surface area (Å²) in [6.45, 7) is 0. The molecular formula is C20H13BrCl2SZr. The molecule has 1 heterocycles. The van der Waals surface area contributed by atoms with Crippen LogP contribution in [0.15, 0.2) is 68.0 Å². The number of rotatable bonds is 2. The first kappa shape index (κ1) is 19.6. The number of thiophene rings is 1. The normalized spacial score (nSPS) is 19.6. The Kier molecular flexibility index (Phi) is 6.13. The average Bonchev–Trinajstić information content (AvgIpc) is 3.25. The smallest absolute Gasteiger partial charge is 1.00 e. The molecule has 5 rings (SSSR count). The van der Waals surface area contributed by atoms with Gasteiger partial charge in [0.15, 0.2) is 0 Å². The van der Waals surface area contributed by atoms with Gasteiger partial charge in [-0.3, -0.25) is 0 Å². The van der Waals surface area contributed by atoms with Crippen LogP contribution >= 0.6 is 27.3 Å². The minimum atomic E-state index is -0.643. The molecule has 0 aliphatic heterocycles. The quantitative estimate of drug-likeness (QED) is 0.540. The van der Waals surface area contributed by atoms with E-state index in [1.54, 1.807) is 8.85 Å². The molecule has 0 saturated carbocycles. The molecule has 0 bridgehead atoms. The van der Waals surface area contributed by atoms with Crippen molar-refractivity contribution in [1.29, 1.82) is 0 Å². The number of halogens is 3. The van der Waals surface area contributed by atoms with E-state index in [-0.39, 0.29) is 24.8 Å². The second-order valence-electron chi connectivity index (χ2n) is 5.97. The molecule has 0 fully saturated rings. The average molecular weight is 527 g/mol. The van der Waals surface area contributed by atoms with Crippen LogP contribution in [0, 0.1) is 0 Å². The van der Waals surface area contributed by atoms with Gasteiger partial charge in [0.2, 0.25) is 0 Å². The Hall–Kier alpha value is -0.177. The Balaban J connectivity index is 0.000000911. The summed E-state index contributed by atoms with van der Waals surface area (Å²) in [6, 6.07) is 8.80. The molecule has 2 aromatic rings. The van der Waals surface area contributed by atoms with Crippen LogP contribution in [-0.4, -0.2) is 0 Å². The maximum absolute atomic E-state index is 3.86. The molecule has 0 N–H and O–H groups in total. The summed E-state index contributed by atoms with van der Waals surface area (Å²) in [7, 11) is 0. The third-order valence-corrected chi connectivity index (χ3v) is 11.6. The van der Waals surface area contributed by atoms with E-state index in [2.05, 4.69) is 76.7 Å². The monoisotopic (exact) mass is 524 g/mol. The summed E-state index contributed by atoms with van der Waals surface area (Å²) in [5, 5.41) is 1.41. The molecule has 0 spiro atoms. The first-order valence-electron chi connectivity index (χ1n) is 7.75. The largest absolute Gasteiger partial charge is 1.00 e. The maximum Gasteiger partial charge on any atom is -1.00 e. The predicted molar refractivity (Wildman–Crippen MR) is 100 cm³/mol. The second kappa shape index (κ2) is 7.82. The van der Waals surface area contributed by atoms with Crippen LogP contribution in [0.3, 0.4) is 0 Å². The molecule has 25 heavy (non-hydrogen) atoms. The third kappa shape index (κ3) is 3.28. The van der Waals surface area contributed by atoms with Crippen LogP contribution in [0.4, 0.5) is 0 Å². The van der Waals surface area contributed by atoms with Gasteiger partial charge in [0.05, 0.1) is 0 Å². The number of fused-ring (bicyclic) bond motifs is 5. The Bertz CT molecular complexity index is 994. The van der Waals surface area contributed by atoms with Crippen LogP contribution in [0.5, 0.6) is 0 Å². The predicted octanol–water partition coefficient (Wildman–Crippen LogP) is 0.697. The van der Waals surface area contributed by atoms with Crippen LogP contribution in [0.2, 0.25) is 3.63 Å². The van der Waals surface area contributed by atoms with Crippen molar-refractivity contribution in [2.24, 2.45) is 0 Å². The van der Waals surface area contributed by atoms with Gasteiger partial charge in [0, 0.05) is 0 Å². The molecule has 0 amide bonds.